The molecule has 0 aromatic heterocycles. The fourth-order valence-electron chi connectivity index (χ4n) is 0.541. The van der Waals surface area contributed by atoms with Crippen molar-refractivity contribution in [1.82, 2.24) is 0 Å². The summed E-state index contributed by atoms with van der Waals surface area (Å²) < 4.78 is 4.96. The SMILES string of the molecule is ClC1=CCCOC1Cl. The van der Waals surface area contributed by atoms with Gasteiger partial charge in [-0.2, -0.15) is 0 Å². The molecule has 1 nitrogen and oxygen atoms in total. The zero-order valence-electron chi connectivity index (χ0n) is 4.23. The van der Waals surface area contributed by atoms with Crippen LogP contribution in [0.4, 0.5) is 0 Å². The van der Waals surface area contributed by atoms with Crippen LogP contribution in [-0.4, -0.2) is 12.2 Å². The summed E-state index contributed by atoms with van der Waals surface area (Å²) in [6.07, 6.45) is 2.75. The highest BCUT2D eigenvalue weighted by molar-refractivity contribution is 6.36. The average Bonchev–Trinajstić information content (AvgIpc) is 1.77. The molecule has 1 atom stereocenters. The summed E-state index contributed by atoms with van der Waals surface area (Å²) in [6, 6.07) is 0. The van der Waals surface area contributed by atoms with Crippen molar-refractivity contribution >= 4 is 23.2 Å². The molecule has 0 bridgehead atoms. The van der Waals surface area contributed by atoms with Crippen LogP contribution in [-0.2, 0) is 4.74 Å². The van der Waals surface area contributed by atoms with Crippen LogP contribution in [0.2, 0.25) is 0 Å². The first-order valence-corrected chi connectivity index (χ1v) is 3.23. The summed E-state index contributed by atoms with van der Waals surface area (Å²) in [5, 5.41) is 0.609. The first-order valence-electron chi connectivity index (χ1n) is 2.42. The molecule has 1 aliphatic heterocycles. The van der Waals surface area contributed by atoms with Crippen LogP contribution in [0.15, 0.2) is 11.1 Å². The Hall–Kier alpha value is 0.280. The number of alkyl halides is 1. The van der Waals surface area contributed by atoms with Crippen molar-refractivity contribution in [3.8, 4) is 0 Å². The third kappa shape index (κ3) is 1.38. The second-order valence-corrected chi connectivity index (χ2v) is 2.40. The Morgan fingerprint density at radius 3 is 2.88 bits per heavy atom. The van der Waals surface area contributed by atoms with Crippen molar-refractivity contribution in [2.75, 3.05) is 6.61 Å². The lowest BCUT2D eigenvalue weighted by Crippen LogP contribution is -2.10. The van der Waals surface area contributed by atoms with Crippen molar-refractivity contribution < 1.29 is 4.74 Å². The second-order valence-electron chi connectivity index (χ2n) is 1.56. The van der Waals surface area contributed by atoms with Gasteiger partial charge in [0.15, 0.2) is 5.56 Å². The Balaban J connectivity index is 2.53. The van der Waals surface area contributed by atoms with Crippen molar-refractivity contribution in [1.29, 1.82) is 0 Å². The van der Waals surface area contributed by atoms with Gasteiger partial charge >= 0.3 is 0 Å². The van der Waals surface area contributed by atoms with Crippen LogP contribution in [0.25, 0.3) is 0 Å². The number of hydrogen-bond acceptors (Lipinski definition) is 1. The third-order valence-corrected chi connectivity index (χ3v) is 1.76. The Kier molecular flexibility index (Phi) is 2.17. The number of rotatable bonds is 0. The maximum absolute atomic E-state index is 5.57. The molecule has 0 aromatic rings. The normalized spacial score (nSPS) is 29.8. The highest BCUT2D eigenvalue weighted by Crippen LogP contribution is 2.20. The predicted molar refractivity (Wildman–Crippen MR) is 34.1 cm³/mol. The van der Waals surface area contributed by atoms with Crippen LogP contribution in [0, 0.1) is 0 Å². The van der Waals surface area contributed by atoms with Gasteiger partial charge in [-0.05, 0) is 6.42 Å². The lowest BCUT2D eigenvalue weighted by atomic mass is 10.3. The van der Waals surface area contributed by atoms with Crippen molar-refractivity contribution in [3.63, 3.8) is 0 Å². The van der Waals surface area contributed by atoms with Gasteiger partial charge in [-0.3, -0.25) is 0 Å². The molecule has 0 saturated carbocycles. The molecule has 0 aliphatic carbocycles. The van der Waals surface area contributed by atoms with Crippen molar-refractivity contribution in [2.45, 2.75) is 12.0 Å². The quantitative estimate of drug-likeness (QED) is 0.484. The van der Waals surface area contributed by atoms with E-state index < -0.39 is 5.56 Å². The highest BCUT2D eigenvalue weighted by Gasteiger charge is 2.11. The maximum Gasteiger partial charge on any atom is 0.166 e. The number of halogens is 2. The Morgan fingerprint density at radius 1 is 1.75 bits per heavy atom. The minimum Gasteiger partial charge on any atom is -0.357 e. The molecular formula is C5H6Cl2O. The lowest BCUT2D eigenvalue weighted by Gasteiger charge is -2.13. The van der Waals surface area contributed by atoms with Gasteiger partial charge in [-0.15, -0.1) is 0 Å². The van der Waals surface area contributed by atoms with E-state index in [1.165, 1.54) is 0 Å². The van der Waals surface area contributed by atoms with E-state index in [1.54, 1.807) is 0 Å². The molecule has 3 heteroatoms. The molecule has 0 aromatic carbocycles. The van der Waals surface area contributed by atoms with E-state index in [4.69, 9.17) is 27.9 Å². The summed E-state index contributed by atoms with van der Waals surface area (Å²) in [5.74, 6) is 0. The van der Waals surface area contributed by atoms with Gasteiger partial charge in [0.25, 0.3) is 0 Å². The van der Waals surface area contributed by atoms with E-state index in [0.717, 1.165) is 6.42 Å². The first kappa shape index (κ1) is 6.40. The number of hydrogen-bond donors (Lipinski definition) is 0. The summed E-state index contributed by atoms with van der Waals surface area (Å²) in [4.78, 5) is 0. The molecule has 1 heterocycles. The first-order chi connectivity index (χ1) is 3.80. The average molecular weight is 153 g/mol. The maximum atomic E-state index is 5.57. The zero-order valence-corrected chi connectivity index (χ0v) is 5.74. The molecule has 0 amide bonds. The Bertz CT molecular complexity index is 111. The van der Waals surface area contributed by atoms with E-state index in [0.29, 0.717) is 11.6 Å². The fraction of sp³-hybridized carbons (Fsp3) is 0.600. The van der Waals surface area contributed by atoms with E-state index in [1.807, 2.05) is 6.08 Å². The molecule has 0 saturated heterocycles. The van der Waals surface area contributed by atoms with E-state index in [-0.39, 0.29) is 0 Å². The van der Waals surface area contributed by atoms with Gasteiger partial charge in [0.2, 0.25) is 0 Å². The summed E-state index contributed by atoms with van der Waals surface area (Å²) in [7, 11) is 0. The fourth-order valence-corrected chi connectivity index (χ4v) is 0.891. The topological polar surface area (TPSA) is 9.23 Å². The van der Waals surface area contributed by atoms with Crippen LogP contribution in [0.3, 0.4) is 0 Å². The second kappa shape index (κ2) is 2.72. The van der Waals surface area contributed by atoms with Crippen LogP contribution < -0.4 is 0 Å². The molecule has 1 rings (SSSR count). The minimum atomic E-state index is -0.398. The van der Waals surface area contributed by atoms with E-state index >= 15 is 0 Å². The summed E-state index contributed by atoms with van der Waals surface area (Å²) >= 11 is 11.1. The molecule has 0 spiro atoms. The van der Waals surface area contributed by atoms with Gasteiger partial charge in [0, 0.05) is 0 Å². The van der Waals surface area contributed by atoms with Crippen molar-refractivity contribution in [2.24, 2.45) is 0 Å². The molecule has 8 heavy (non-hydrogen) atoms. The molecule has 1 aliphatic rings. The molecule has 0 N–H and O–H groups in total. The minimum absolute atomic E-state index is 0.398. The predicted octanol–water partition coefficient (Wildman–Crippen LogP) is 2.09. The van der Waals surface area contributed by atoms with Gasteiger partial charge in [-0.1, -0.05) is 29.3 Å². The molecule has 1 unspecified atom stereocenters. The van der Waals surface area contributed by atoms with Crippen LogP contribution >= 0.6 is 23.2 Å². The van der Waals surface area contributed by atoms with Gasteiger partial charge < -0.3 is 4.74 Å². The monoisotopic (exact) mass is 152 g/mol. The van der Waals surface area contributed by atoms with Gasteiger partial charge in [0.1, 0.15) is 0 Å². The largest absolute Gasteiger partial charge is 0.357 e. The van der Waals surface area contributed by atoms with Crippen LogP contribution in [0.1, 0.15) is 6.42 Å². The van der Waals surface area contributed by atoms with E-state index in [2.05, 4.69) is 0 Å². The van der Waals surface area contributed by atoms with Crippen molar-refractivity contribution in [3.05, 3.63) is 11.1 Å². The lowest BCUT2D eigenvalue weighted by molar-refractivity contribution is 0.128. The highest BCUT2D eigenvalue weighted by atomic mass is 35.5. The summed E-state index contributed by atoms with van der Waals surface area (Å²) in [6.45, 7) is 0.685. The molecular weight excluding hydrogens is 147 g/mol. The smallest absolute Gasteiger partial charge is 0.166 e. The van der Waals surface area contributed by atoms with Crippen LogP contribution in [0.5, 0.6) is 0 Å². The van der Waals surface area contributed by atoms with E-state index in [9.17, 15) is 0 Å². The third-order valence-electron chi connectivity index (χ3n) is 0.938. The standard InChI is InChI=1S/C5H6Cl2O/c6-4-2-1-3-8-5(4)7/h2,5H,1,3H2. The van der Waals surface area contributed by atoms with Gasteiger partial charge in [-0.25, -0.2) is 0 Å². The summed E-state index contributed by atoms with van der Waals surface area (Å²) in [5.41, 5.74) is -0.398. The zero-order chi connectivity index (χ0) is 5.98. The molecule has 46 valence electrons. The Labute approximate surface area is 58.2 Å². The number of ether oxygens (including phenoxy) is 1. The molecule has 0 radical (unpaired) electrons. The Morgan fingerprint density at radius 2 is 2.50 bits per heavy atom. The molecule has 0 fully saturated rings. The van der Waals surface area contributed by atoms with Gasteiger partial charge in [0.05, 0.1) is 11.6 Å².